The van der Waals surface area contributed by atoms with E-state index in [1.807, 2.05) is 24.3 Å². The summed E-state index contributed by atoms with van der Waals surface area (Å²) in [4.78, 5) is 21.6. The van der Waals surface area contributed by atoms with E-state index < -0.39 is 4.92 Å². The molecule has 0 amide bonds. The van der Waals surface area contributed by atoms with E-state index in [4.69, 9.17) is 0 Å². The van der Waals surface area contributed by atoms with E-state index in [9.17, 15) is 10.1 Å². The van der Waals surface area contributed by atoms with Gasteiger partial charge in [0.1, 0.15) is 11.2 Å². The van der Waals surface area contributed by atoms with Crippen LogP contribution in [0.1, 0.15) is 0 Å². The van der Waals surface area contributed by atoms with Crippen LogP contribution in [0.25, 0.3) is 11.0 Å². The van der Waals surface area contributed by atoms with E-state index >= 15 is 0 Å². The molecule has 0 spiro atoms. The maximum atomic E-state index is 10.5. The molecule has 1 aromatic carbocycles. The smallest absolute Gasteiger partial charge is 0.287 e. The molecule has 0 bridgehead atoms. The lowest BCUT2D eigenvalue weighted by Gasteiger charge is -1.96. The number of rotatable bonds is 3. The third-order valence-electron chi connectivity index (χ3n) is 2.50. The first-order chi connectivity index (χ1) is 9.22. The minimum atomic E-state index is -0.470. The molecule has 2 heterocycles. The number of nitro groups is 1. The highest BCUT2D eigenvalue weighted by atomic mass is 32.2. The Morgan fingerprint density at radius 2 is 2.05 bits per heavy atom. The maximum absolute atomic E-state index is 10.5. The highest BCUT2D eigenvalue weighted by Crippen LogP contribution is 2.26. The number of fused-ring (bicyclic) bond motifs is 1. The number of hydrogen-bond acceptors (Lipinski definition) is 5. The number of aromatic nitrogens is 3. The Morgan fingerprint density at radius 3 is 2.74 bits per heavy atom. The molecule has 0 aliphatic rings. The molecule has 0 unspecified atom stereocenters. The Balaban J connectivity index is 1.86. The van der Waals surface area contributed by atoms with Gasteiger partial charge in [-0.3, -0.25) is 10.1 Å². The summed E-state index contributed by atoms with van der Waals surface area (Å²) in [5.74, 6) is 0. The molecule has 0 saturated carbocycles. The van der Waals surface area contributed by atoms with Gasteiger partial charge in [-0.25, -0.2) is 9.97 Å². The zero-order valence-electron chi connectivity index (χ0n) is 9.61. The molecule has 6 nitrogen and oxygen atoms in total. The molecule has 7 heteroatoms. The summed E-state index contributed by atoms with van der Waals surface area (Å²) < 4.78 is 0. The first-order valence-corrected chi connectivity index (χ1v) is 6.27. The van der Waals surface area contributed by atoms with Gasteiger partial charge in [0.25, 0.3) is 5.69 Å². The van der Waals surface area contributed by atoms with Gasteiger partial charge in [-0.2, -0.15) is 0 Å². The van der Waals surface area contributed by atoms with Crippen LogP contribution in [0.5, 0.6) is 0 Å². The molecule has 2 aromatic heterocycles. The zero-order valence-corrected chi connectivity index (χ0v) is 10.4. The molecule has 0 aliphatic heterocycles. The topological polar surface area (TPSA) is 84.7 Å². The van der Waals surface area contributed by atoms with E-state index in [1.165, 1.54) is 24.0 Å². The van der Waals surface area contributed by atoms with Crippen LogP contribution in [0.15, 0.2) is 52.8 Å². The summed E-state index contributed by atoms with van der Waals surface area (Å²) >= 11 is 1.33. The maximum Gasteiger partial charge on any atom is 0.287 e. The van der Waals surface area contributed by atoms with Crippen LogP contribution in [0.4, 0.5) is 5.69 Å². The Morgan fingerprint density at radius 1 is 1.21 bits per heavy atom. The summed E-state index contributed by atoms with van der Waals surface area (Å²) in [6.45, 7) is 0. The number of benzene rings is 1. The summed E-state index contributed by atoms with van der Waals surface area (Å²) in [7, 11) is 0. The average Bonchev–Trinajstić information content (AvgIpc) is 2.81. The Bertz CT molecular complexity index is 706. The summed E-state index contributed by atoms with van der Waals surface area (Å²) in [6.07, 6.45) is 1.24. The molecule has 0 fully saturated rings. The van der Waals surface area contributed by atoms with E-state index in [0.717, 1.165) is 11.0 Å². The lowest BCUT2D eigenvalue weighted by molar-refractivity contribution is -0.385. The first-order valence-electron chi connectivity index (χ1n) is 5.45. The predicted molar refractivity (Wildman–Crippen MR) is 71.1 cm³/mol. The number of nitrogens with zero attached hydrogens (tertiary/aromatic N) is 3. The molecule has 3 rings (SSSR count). The number of pyridine rings is 1. The number of para-hydroxylation sites is 2. The van der Waals surface area contributed by atoms with Crippen molar-refractivity contribution < 1.29 is 4.92 Å². The van der Waals surface area contributed by atoms with Gasteiger partial charge in [0.05, 0.1) is 16.0 Å². The SMILES string of the molecule is O=[N+]([O-])c1ccc(Sc2nc3ccccc3[nH]2)nc1. The van der Waals surface area contributed by atoms with Crippen LogP contribution in [-0.4, -0.2) is 19.9 Å². The van der Waals surface area contributed by atoms with Gasteiger partial charge in [-0.15, -0.1) is 0 Å². The predicted octanol–water partition coefficient (Wildman–Crippen LogP) is 3.02. The van der Waals surface area contributed by atoms with Crippen LogP contribution >= 0.6 is 11.8 Å². The molecule has 0 atom stereocenters. The van der Waals surface area contributed by atoms with Crippen molar-refractivity contribution in [1.29, 1.82) is 0 Å². The Labute approximate surface area is 112 Å². The van der Waals surface area contributed by atoms with Crippen molar-refractivity contribution in [2.75, 3.05) is 0 Å². The fourth-order valence-electron chi connectivity index (χ4n) is 1.62. The Kier molecular flexibility index (Phi) is 2.88. The summed E-state index contributed by atoms with van der Waals surface area (Å²) in [5, 5.41) is 11.9. The molecule has 0 saturated heterocycles. The summed E-state index contributed by atoms with van der Waals surface area (Å²) in [6, 6.07) is 10.7. The van der Waals surface area contributed by atoms with Crippen molar-refractivity contribution in [2.24, 2.45) is 0 Å². The minimum absolute atomic E-state index is 0.0195. The molecular formula is C12H8N4O2S. The van der Waals surface area contributed by atoms with Gasteiger partial charge in [0.15, 0.2) is 5.16 Å². The molecular weight excluding hydrogens is 264 g/mol. The second-order valence-corrected chi connectivity index (χ2v) is 4.78. The fourth-order valence-corrected chi connectivity index (χ4v) is 2.36. The van der Waals surface area contributed by atoms with Gasteiger partial charge >= 0.3 is 0 Å². The second kappa shape index (κ2) is 4.69. The average molecular weight is 272 g/mol. The van der Waals surface area contributed by atoms with Gasteiger partial charge < -0.3 is 4.98 Å². The van der Waals surface area contributed by atoms with E-state index in [0.29, 0.717) is 10.2 Å². The second-order valence-electron chi connectivity index (χ2n) is 3.77. The van der Waals surface area contributed by atoms with Crippen molar-refractivity contribution in [3.05, 3.63) is 52.7 Å². The molecule has 3 aromatic rings. The largest absolute Gasteiger partial charge is 0.333 e. The van der Waals surface area contributed by atoms with Crippen LogP contribution in [-0.2, 0) is 0 Å². The zero-order chi connectivity index (χ0) is 13.2. The molecule has 1 N–H and O–H groups in total. The van der Waals surface area contributed by atoms with Gasteiger partial charge in [-0.1, -0.05) is 12.1 Å². The van der Waals surface area contributed by atoms with Gasteiger partial charge in [-0.05, 0) is 30.0 Å². The lowest BCUT2D eigenvalue weighted by Crippen LogP contribution is -1.89. The van der Waals surface area contributed by atoms with Crippen molar-refractivity contribution in [3.8, 4) is 0 Å². The van der Waals surface area contributed by atoms with Crippen LogP contribution in [0.2, 0.25) is 0 Å². The quantitative estimate of drug-likeness (QED) is 0.585. The van der Waals surface area contributed by atoms with E-state index in [1.54, 1.807) is 6.07 Å². The lowest BCUT2D eigenvalue weighted by atomic mass is 10.3. The third kappa shape index (κ3) is 2.41. The van der Waals surface area contributed by atoms with Crippen molar-refractivity contribution in [2.45, 2.75) is 10.2 Å². The Hall–Kier alpha value is -2.41. The standard InChI is InChI=1S/C12H8N4O2S/c17-16(18)8-5-6-11(13-7-8)19-12-14-9-3-1-2-4-10(9)15-12/h1-7H,(H,14,15). The van der Waals surface area contributed by atoms with Crippen LogP contribution in [0.3, 0.4) is 0 Å². The van der Waals surface area contributed by atoms with Crippen LogP contribution in [0, 0.1) is 10.1 Å². The number of H-pyrrole nitrogens is 1. The van der Waals surface area contributed by atoms with Gasteiger partial charge in [0.2, 0.25) is 0 Å². The number of nitrogens with one attached hydrogen (secondary N) is 1. The monoisotopic (exact) mass is 272 g/mol. The number of hydrogen-bond donors (Lipinski definition) is 1. The molecule has 94 valence electrons. The minimum Gasteiger partial charge on any atom is -0.333 e. The summed E-state index contributed by atoms with van der Waals surface area (Å²) in [5.41, 5.74) is 1.81. The van der Waals surface area contributed by atoms with Crippen LogP contribution < -0.4 is 0 Å². The van der Waals surface area contributed by atoms with Gasteiger partial charge in [0, 0.05) is 6.07 Å². The number of imidazole rings is 1. The highest BCUT2D eigenvalue weighted by molar-refractivity contribution is 7.99. The normalized spacial score (nSPS) is 10.7. The molecule has 19 heavy (non-hydrogen) atoms. The highest BCUT2D eigenvalue weighted by Gasteiger charge is 2.08. The van der Waals surface area contributed by atoms with E-state index in [-0.39, 0.29) is 5.69 Å². The van der Waals surface area contributed by atoms with E-state index in [2.05, 4.69) is 15.0 Å². The molecule has 0 aliphatic carbocycles. The van der Waals surface area contributed by atoms with Crippen molar-refractivity contribution in [1.82, 2.24) is 15.0 Å². The third-order valence-corrected chi connectivity index (χ3v) is 3.34. The number of aromatic amines is 1. The molecule has 0 radical (unpaired) electrons. The first kappa shape index (κ1) is 11.7. The van der Waals surface area contributed by atoms with Crippen molar-refractivity contribution in [3.63, 3.8) is 0 Å². The fraction of sp³-hybridized carbons (Fsp3) is 0. The van der Waals surface area contributed by atoms with Crippen molar-refractivity contribution >= 4 is 28.5 Å².